The molecule has 1 aliphatic rings. The van der Waals surface area contributed by atoms with Gasteiger partial charge in [0.15, 0.2) is 0 Å². The van der Waals surface area contributed by atoms with Crippen molar-refractivity contribution in [3.8, 4) is 0 Å². The lowest BCUT2D eigenvalue weighted by atomic mass is 10.1. The average molecular weight is 238 g/mol. The monoisotopic (exact) mass is 238 g/mol. The van der Waals surface area contributed by atoms with E-state index >= 15 is 0 Å². The molecule has 0 saturated heterocycles. The third kappa shape index (κ3) is 4.85. The van der Waals surface area contributed by atoms with Gasteiger partial charge in [0.05, 0.1) is 0 Å². The van der Waals surface area contributed by atoms with E-state index in [1.807, 2.05) is 0 Å². The van der Waals surface area contributed by atoms with Crippen molar-refractivity contribution < 1.29 is 19.4 Å². The maximum atomic E-state index is 11.2. The SMILES string of the molecule is CC/C=C\CC1=CCC[C@H]1OC(=O)CC(=O)O. The fourth-order valence-electron chi connectivity index (χ4n) is 1.80. The number of rotatable bonds is 6. The predicted molar refractivity (Wildman–Crippen MR) is 63.5 cm³/mol. The first kappa shape index (κ1) is 13.5. The Balaban J connectivity index is 2.43. The number of carbonyl (C=O) groups is 2. The van der Waals surface area contributed by atoms with Crippen molar-refractivity contribution in [1.29, 1.82) is 0 Å². The molecule has 0 heterocycles. The van der Waals surface area contributed by atoms with Crippen LogP contribution in [0, 0.1) is 0 Å². The van der Waals surface area contributed by atoms with E-state index in [2.05, 4.69) is 25.2 Å². The minimum absolute atomic E-state index is 0.233. The van der Waals surface area contributed by atoms with Crippen LogP contribution in [-0.2, 0) is 14.3 Å². The standard InChI is InChI=1S/C13H18O4/c1-2-3-4-6-10-7-5-8-11(10)17-13(16)9-12(14)15/h3-4,7,11H,2,5-6,8-9H2,1H3,(H,14,15)/b4-3-/t11-/m1/s1. The molecule has 0 aromatic carbocycles. The molecule has 0 fully saturated rings. The fourth-order valence-corrected chi connectivity index (χ4v) is 1.80. The third-order valence-electron chi connectivity index (χ3n) is 2.57. The molecule has 0 bridgehead atoms. The third-order valence-corrected chi connectivity index (χ3v) is 2.57. The van der Waals surface area contributed by atoms with Crippen LogP contribution in [0.1, 0.15) is 39.0 Å². The fraction of sp³-hybridized carbons (Fsp3) is 0.538. The zero-order valence-corrected chi connectivity index (χ0v) is 10.0. The van der Waals surface area contributed by atoms with Crippen molar-refractivity contribution >= 4 is 11.9 Å². The van der Waals surface area contributed by atoms with E-state index in [9.17, 15) is 9.59 Å². The van der Waals surface area contributed by atoms with Crippen LogP contribution in [0.4, 0.5) is 0 Å². The Morgan fingerprint density at radius 3 is 2.94 bits per heavy atom. The molecule has 4 heteroatoms. The first-order chi connectivity index (χ1) is 8.13. The normalized spacial score (nSPS) is 19.4. The summed E-state index contributed by atoms with van der Waals surface area (Å²) >= 11 is 0. The van der Waals surface area contributed by atoms with Crippen LogP contribution in [0.3, 0.4) is 0 Å². The number of hydrogen-bond acceptors (Lipinski definition) is 3. The van der Waals surface area contributed by atoms with Crippen molar-refractivity contribution in [1.82, 2.24) is 0 Å². The Bertz CT molecular complexity index is 341. The van der Waals surface area contributed by atoms with Gasteiger partial charge in [0.1, 0.15) is 12.5 Å². The Morgan fingerprint density at radius 1 is 1.53 bits per heavy atom. The molecular weight excluding hydrogens is 220 g/mol. The highest BCUT2D eigenvalue weighted by atomic mass is 16.5. The molecule has 0 unspecified atom stereocenters. The average Bonchev–Trinajstić information content (AvgIpc) is 2.65. The summed E-state index contributed by atoms with van der Waals surface area (Å²) in [6.07, 6.45) is 8.80. The van der Waals surface area contributed by atoms with Gasteiger partial charge in [-0.15, -0.1) is 0 Å². The number of carbonyl (C=O) groups excluding carboxylic acids is 1. The molecule has 0 amide bonds. The Hall–Kier alpha value is -1.58. The largest absolute Gasteiger partial charge is 0.481 e. The van der Waals surface area contributed by atoms with E-state index in [1.54, 1.807) is 0 Å². The molecule has 1 atom stereocenters. The van der Waals surface area contributed by atoms with Gasteiger partial charge in [0.25, 0.3) is 0 Å². The Kier molecular flexibility index (Phi) is 5.46. The molecule has 0 radical (unpaired) electrons. The predicted octanol–water partition coefficient (Wildman–Crippen LogP) is 2.45. The topological polar surface area (TPSA) is 63.6 Å². The molecule has 0 spiro atoms. The Labute approximate surface area is 101 Å². The lowest BCUT2D eigenvalue weighted by Crippen LogP contribution is -2.19. The van der Waals surface area contributed by atoms with Crippen molar-refractivity contribution in [2.45, 2.75) is 45.1 Å². The van der Waals surface area contributed by atoms with Crippen LogP contribution in [-0.4, -0.2) is 23.1 Å². The van der Waals surface area contributed by atoms with Crippen LogP contribution in [0.2, 0.25) is 0 Å². The van der Waals surface area contributed by atoms with Gasteiger partial charge in [-0.3, -0.25) is 9.59 Å². The van der Waals surface area contributed by atoms with Crippen molar-refractivity contribution in [2.75, 3.05) is 0 Å². The summed E-state index contributed by atoms with van der Waals surface area (Å²) in [6, 6.07) is 0. The summed E-state index contributed by atoms with van der Waals surface area (Å²) in [4.78, 5) is 21.6. The number of esters is 1. The maximum Gasteiger partial charge on any atom is 0.317 e. The highest BCUT2D eigenvalue weighted by Gasteiger charge is 2.23. The number of hydrogen-bond donors (Lipinski definition) is 1. The van der Waals surface area contributed by atoms with Gasteiger partial charge in [-0.2, -0.15) is 0 Å². The first-order valence-electron chi connectivity index (χ1n) is 5.88. The van der Waals surface area contributed by atoms with E-state index in [0.717, 1.165) is 31.3 Å². The summed E-state index contributed by atoms with van der Waals surface area (Å²) in [5.41, 5.74) is 1.08. The molecule has 4 nitrogen and oxygen atoms in total. The molecule has 1 aliphatic carbocycles. The van der Waals surface area contributed by atoms with Crippen molar-refractivity contribution in [2.24, 2.45) is 0 Å². The molecule has 94 valence electrons. The van der Waals surface area contributed by atoms with Crippen LogP contribution >= 0.6 is 0 Å². The van der Waals surface area contributed by atoms with Gasteiger partial charge in [0.2, 0.25) is 0 Å². The van der Waals surface area contributed by atoms with Gasteiger partial charge >= 0.3 is 11.9 Å². The molecule has 0 aliphatic heterocycles. The summed E-state index contributed by atoms with van der Waals surface area (Å²) in [5.74, 6) is -1.81. The highest BCUT2D eigenvalue weighted by Crippen LogP contribution is 2.25. The molecule has 0 aromatic heterocycles. The quantitative estimate of drug-likeness (QED) is 0.438. The smallest absolute Gasteiger partial charge is 0.317 e. The molecule has 0 aromatic rings. The Morgan fingerprint density at radius 2 is 2.29 bits per heavy atom. The van der Waals surface area contributed by atoms with Crippen molar-refractivity contribution in [3.63, 3.8) is 0 Å². The van der Waals surface area contributed by atoms with E-state index in [4.69, 9.17) is 9.84 Å². The van der Waals surface area contributed by atoms with E-state index in [1.165, 1.54) is 0 Å². The van der Waals surface area contributed by atoms with Gasteiger partial charge in [-0.1, -0.05) is 25.2 Å². The lowest BCUT2D eigenvalue weighted by molar-refractivity contribution is -0.153. The van der Waals surface area contributed by atoms with Crippen LogP contribution < -0.4 is 0 Å². The van der Waals surface area contributed by atoms with E-state index in [0.29, 0.717) is 0 Å². The van der Waals surface area contributed by atoms with Gasteiger partial charge in [0, 0.05) is 0 Å². The van der Waals surface area contributed by atoms with Crippen LogP contribution in [0.5, 0.6) is 0 Å². The molecule has 17 heavy (non-hydrogen) atoms. The molecule has 1 rings (SSSR count). The molecule has 1 N–H and O–H groups in total. The minimum atomic E-state index is -1.15. The number of carboxylic acid groups (broad SMARTS) is 1. The molecule has 0 saturated carbocycles. The zero-order chi connectivity index (χ0) is 12.7. The highest BCUT2D eigenvalue weighted by molar-refractivity contribution is 5.90. The van der Waals surface area contributed by atoms with Crippen molar-refractivity contribution in [3.05, 3.63) is 23.8 Å². The van der Waals surface area contributed by atoms with Gasteiger partial charge in [-0.25, -0.2) is 0 Å². The van der Waals surface area contributed by atoms with E-state index < -0.39 is 18.4 Å². The lowest BCUT2D eigenvalue weighted by Gasteiger charge is -2.14. The van der Waals surface area contributed by atoms with E-state index in [-0.39, 0.29) is 6.10 Å². The number of allylic oxidation sites excluding steroid dienone is 3. The van der Waals surface area contributed by atoms with Crippen LogP contribution in [0.15, 0.2) is 23.8 Å². The second-order valence-electron chi connectivity index (χ2n) is 3.99. The zero-order valence-electron chi connectivity index (χ0n) is 10.0. The maximum absolute atomic E-state index is 11.2. The van der Waals surface area contributed by atoms with Gasteiger partial charge in [-0.05, 0) is 31.3 Å². The summed E-state index contributed by atoms with van der Waals surface area (Å²) in [5, 5.41) is 8.47. The van der Waals surface area contributed by atoms with Gasteiger partial charge < -0.3 is 9.84 Å². The number of aliphatic carboxylic acids is 1. The summed E-state index contributed by atoms with van der Waals surface area (Å²) < 4.78 is 5.14. The summed E-state index contributed by atoms with van der Waals surface area (Å²) in [6.45, 7) is 2.06. The second kappa shape index (κ2) is 6.89. The summed E-state index contributed by atoms with van der Waals surface area (Å²) in [7, 11) is 0. The van der Waals surface area contributed by atoms with Crippen LogP contribution in [0.25, 0.3) is 0 Å². The first-order valence-corrected chi connectivity index (χ1v) is 5.88. The molecular formula is C13H18O4. The second-order valence-corrected chi connectivity index (χ2v) is 3.99. The number of carboxylic acids is 1. The number of ether oxygens (including phenoxy) is 1. The minimum Gasteiger partial charge on any atom is -0.481 e.